The Morgan fingerprint density at radius 1 is 1.13 bits per heavy atom. The van der Waals surface area contributed by atoms with Crippen LogP contribution in [0.3, 0.4) is 0 Å². The smallest absolute Gasteiger partial charge is 0.253 e. The van der Waals surface area contributed by atoms with Gasteiger partial charge in [0.1, 0.15) is 0 Å². The van der Waals surface area contributed by atoms with Gasteiger partial charge in [-0.05, 0) is 53.9 Å². The van der Waals surface area contributed by atoms with Gasteiger partial charge in [-0.2, -0.15) is 0 Å². The number of hydrogen-bond acceptors (Lipinski definition) is 2. The third kappa shape index (κ3) is 2.44. The Kier molecular flexibility index (Phi) is 3.74. The molecule has 2 aliphatic rings. The zero-order valence-corrected chi connectivity index (χ0v) is 14.5. The second kappa shape index (κ2) is 5.36. The van der Waals surface area contributed by atoms with E-state index in [1.165, 1.54) is 12.8 Å². The molecular weight excluding hydrogens is 288 g/mol. The summed E-state index contributed by atoms with van der Waals surface area (Å²) in [5.74, 6) is 0.534. The number of amides is 2. The average molecular weight is 314 g/mol. The standard InChI is InChI=1S/C19H26N2O2/c1-18(2)15-9-10-19(18,3)12-21(11-15)17(23)14-7-5-13(6-8-14)16(22)20-4/h5-8,15H,9-12H2,1-4H3,(H,20,22). The van der Waals surface area contributed by atoms with Gasteiger partial charge in [0.2, 0.25) is 0 Å². The summed E-state index contributed by atoms with van der Waals surface area (Å²) in [7, 11) is 1.60. The maximum absolute atomic E-state index is 12.8. The number of nitrogens with one attached hydrogen (secondary N) is 1. The Morgan fingerprint density at radius 2 is 1.74 bits per heavy atom. The predicted molar refractivity (Wildman–Crippen MR) is 90.3 cm³/mol. The van der Waals surface area contributed by atoms with E-state index < -0.39 is 0 Å². The van der Waals surface area contributed by atoms with Gasteiger partial charge in [-0.15, -0.1) is 0 Å². The molecule has 0 radical (unpaired) electrons. The molecule has 0 aromatic heterocycles. The summed E-state index contributed by atoms with van der Waals surface area (Å²) in [4.78, 5) is 26.5. The number of hydrogen-bond donors (Lipinski definition) is 1. The van der Waals surface area contributed by atoms with Crippen molar-refractivity contribution >= 4 is 11.8 Å². The minimum Gasteiger partial charge on any atom is -0.355 e. The number of piperidine rings is 1. The Balaban J connectivity index is 1.78. The molecule has 1 aromatic rings. The summed E-state index contributed by atoms with van der Waals surface area (Å²) < 4.78 is 0. The molecule has 1 saturated carbocycles. The molecule has 23 heavy (non-hydrogen) atoms. The van der Waals surface area contributed by atoms with E-state index in [0.717, 1.165) is 13.1 Å². The van der Waals surface area contributed by atoms with E-state index in [1.54, 1.807) is 31.3 Å². The van der Waals surface area contributed by atoms with Crippen molar-refractivity contribution in [3.63, 3.8) is 0 Å². The molecule has 1 heterocycles. The Bertz CT molecular complexity index is 635. The van der Waals surface area contributed by atoms with Crippen LogP contribution >= 0.6 is 0 Å². The van der Waals surface area contributed by atoms with E-state index in [1.807, 2.05) is 4.90 Å². The van der Waals surface area contributed by atoms with Crippen molar-refractivity contribution in [1.29, 1.82) is 0 Å². The molecule has 3 rings (SSSR count). The monoisotopic (exact) mass is 314 g/mol. The molecule has 2 amide bonds. The van der Waals surface area contributed by atoms with E-state index in [9.17, 15) is 9.59 Å². The zero-order valence-electron chi connectivity index (χ0n) is 14.5. The molecule has 1 aliphatic heterocycles. The zero-order chi connectivity index (χ0) is 16.8. The topological polar surface area (TPSA) is 49.4 Å². The summed E-state index contributed by atoms with van der Waals surface area (Å²) in [6, 6.07) is 6.96. The van der Waals surface area contributed by atoms with Gasteiger partial charge < -0.3 is 10.2 Å². The van der Waals surface area contributed by atoms with Gasteiger partial charge in [0.05, 0.1) is 0 Å². The van der Waals surface area contributed by atoms with Gasteiger partial charge >= 0.3 is 0 Å². The molecular formula is C19H26N2O2. The van der Waals surface area contributed by atoms with Crippen LogP contribution < -0.4 is 5.32 Å². The van der Waals surface area contributed by atoms with E-state index in [4.69, 9.17) is 0 Å². The fourth-order valence-electron chi connectivity index (χ4n) is 4.27. The summed E-state index contributed by atoms with van der Waals surface area (Å²) in [6.45, 7) is 8.70. The average Bonchev–Trinajstić information content (AvgIpc) is 2.70. The number of rotatable bonds is 2. The lowest BCUT2D eigenvalue weighted by Gasteiger charge is -2.50. The number of benzene rings is 1. The number of fused-ring (bicyclic) bond motifs is 2. The maximum Gasteiger partial charge on any atom is 0.253 e. The first-order chi connectivity index (χ1) is 10.8. The van der Waals surface area contributed by atoms with Crippen molar-refractivity contribution in [2.75, 3.05) is 20.1 Å². The van der Waals surface area contributed by atoms with Crippen molar-refractivity contribution in [2.45, 2.75) is 33.6 Å². The number of carbonyl (C=O) groups excluding carboxylic acids is 2. The molecule has 1 aliphatic carbocycles. The van der Waals surface area contributed by atoms with E-state index in [0.29, 0.717) is 22.5 Å². The highest BCUT2D eigenvalue weighted by Crippen LogP contribution is 2.59. The van der Waals surface area contributed by atoms with Crippen LogP contribution in [0.25, 0.3) is 0 Å². The molecule has 2 unspecified atom stereocenters. The first-order valence-electron chi connectivity index (χ1n) is 8.40. The molecule has 2 fully saturated rings. The molecule has 1 saturated heterocycles. The van der Waals surface area contributed by atoms with E-state index in [2.05, 4.69) is 26.1 Å². The van der Waals surface area contributed by atoms with Crippen molar-refractivity contribution < 1.29 is 9.59 Å². The van der Waals surface area contributed by atoms with Gasteiger partial charge in [-0.3, -0.25) is 9.59 Å². The van der Waals surface area contributed by atoms with Crippen molar-refractivity contribution in [3.8, 4) is 0 Å². The molecule has 4 heteroatoms. The van der Waals surface area contributed by atoms with Crippen LogP contribution in [0.5, 0.6) is 0 Å². The Morgan fingerprint density at radius 3 is 2.30 bits per heavy atom. The molecule has 2 atom stereocenters. The highest BCUT2D eigenvalue weighted by molar-refractivity contribution is 5.97. The molecule has 1 aromatic carbocycles. The molecule has 2 bridgehead atoms. The molecule has 4 nitrogen and oxygen atoms in total. The summed E-state index contributed by atoms with van der Waals surface area (Å²) in [5.41, 5.74) is 1.75. The third-order valence-corrected chi connectivity index (χ3v) is 6.51. The third-order valence-electron chi connectivity index (χ3n) is 6.51. The van der Waals surface area contributed by atoms with Crippen LogP contribution in [0.15, 0.2) is 24.3 Å². The van der Waals surface area contributed by atoms with Crippen molar-refractivity contribution in [1.82, 2.24) is 10.2 Å². The second-order valence-corrected chi connectivity index (χ2v) is 7.86. The van der Waals surface area contributed by atoms with E-state index in [-0.39, 0.29) is 17.2 Å². The van der Waals surface area contributed by atoms with Gasteiger partial charge in [0.25, 0.3) is 11.8 Å². The highest BCUT2D eigenvalue weighted by atomic mass is 16.2. The van der Waals surface area contributed by atoms with Crippen molar-refractivity contribution in [3.05, 3.63) is 35.4 Å². The molecule has 0 spiro atoms. The van der Waals surface area contributed by atoms with Crippen LogP contribution in [0.1, 0.15) is 54.3 Å². The van der Waals surface area contributed by atoms with E-state index >= 15 is 0 Å². The van der Waals surface area contributed by atoms with Crippen LogP contribution in [-0.2, 0) is 0 Å². The highest BCUT2D eigenvalue weighted by Gasteiger charge is 2.56. The van der Waals surface area contributed by atoms with Crippen molar-refractivity contribution in [2.24, 2.45) is 16.7 Å². The molecule has 124 valence electrons. The van der Waals surface area contributed by atoms with Gasteiger partial charge in [-0.1, -0.05) is 20.8 Å². The first-order valence-corrected chi connectivity index (χ1v) is 8.40. The fourth-order valence-corrected chi connectivity index (χ4v) is 4.27. The Hall–Kier alpha value is -1.84. The number of likely N-dealkylation sites (tertiary alicyclic amines) is 1. The van der Waals surface area contributed by atoms with Gasteiger partial charge in [-0.25, -0.2) is 0 Å². The largest absolute Gasteiger partial charge is 0.355 e. The van der Waals surface area contributed by atoms with Crippen LogP contribution in [0.4, 0.5) is 0 Å². The number of carbonyl (C=O) groups is 2. The second-order valence-electron chi connectivity index (χ2n) is 7.86. The fraction of sp³-hybridized carbons (Fsp3) is 0.579. The predicted octanol–water partition coefficient (Wildman–Crippen LogP) is 2.94. The Labute approximate surface area is 138 Å². The normalized spacial score (nSPS) is 28.5. The maximum atomic E-state index is 12.8. The first kappa shape index (κ1) is 16.0. The van der Waals surface area contributed by atoms with Crippen LogP contribution in [0.2, 0.25) is 0 Å². The van der Waals surface area contributed by atoms with Gasteiger partial charge in [0, 0.05) is 31.3 Å². The van der Waals surface area contributed by atoms with Crippen LogP contribution in [0, 0.1) is 16.7 Å². The lowest BCUT2D eigenvalue weighted by atomic mass is 9.63. The van der Waals surface area contributed by atoms with Crippen LogP contribution in [-0.4, -0.2) is 36.9 Å². The molecule has 1 N–H and O–H groups in total. The minimum absolute atomic E-state index is 0.0853. The summed E-state index contributed by atoms with van der Waals surface area (Å²) >= 11 is 0. The quantitative estimate of drug-likeness (QED) is 0.912. The lowest BCUT2D eigenvalue weighted by molar-refractivity contribution is -0.0107. The minimum atomic E-state index is -0.130. The summed E-state index contributed by atoms with van der Waals surface area (Å²) in [5, 5.41) is 2.59. The summed E-state index contributed by atoms with van der Waals surface area (Å²) in [6.07, 6.45) is 2.41. The SMILES string of the molecule is CNC(=O)c1ccc(C(=O)N2CC3CCC(C)(C2)C3(C)C)cc1. The van der Waals surface area contributed by atoms with Gasteiger partial charge in [0.15, 0.2) is 0 Å². The number of nitrogens with zero attached hydrogens (tertiary/aromatic N) is 1. The lowest BCUT2D eigenvalue weighted by Crippen LogP contribution is -2.53.